The summed E-state index contributed by atoms with van der Waals surface area (Å²) in [5.41, 5.74) is 0.789. The molecule has 26 heavy (non-hydrogen) atoms. The Hall–Kier alpha value is -3.26. The average molecular weight is 368 g/mol. The summed E-state index contributed by atoms with van der Waals surface area (Å²) in [5, 5.41) is 0.358. The number of carbonyl (C=O) groups excluding carboxylic acids is 4. The number of fused-ring (bicyclic) bond motifs is 1. The standard InChI is InChI=1S/C18H9FN2O4S/c19-11-7-5-10(6-8-11)9-14-17(24)21(18(25)26-14)20-15(22)12-3-1-2-4-13(12)16(20)23/h1-9H. The van der Waals surface area contributed by atoms with Crippen LogP contribution in [0.25, 0.3) is 6.08 Å². The summed E-state index contributed by atoms with van der Waals surface area (Å²) in [5.74, 6) is -2.66. The molecule has 4 amide bonds. The molecule has 2 heterocycles. The van der Waals surface area contributed by atoms with Gasteiger partial charge in [-0.3, -0.25) is 19.2 Å². The first-order chi connectivity index (χ1) is 12.5. The minimum atomic E-state index is -0.779. The highest BCUT2D eigenvalue weighted by molar-refractivity contribution is 8.18. The molecule has 0 aliphatic carbocycles. The van der Waals surface area contributed by atoms with Gasteiger partial charge < -0.3 is 0 Å². The van der Waals surface area contributed by atoms with Gasteiger partial charge in [0.1, 0.15) is 5.82 Å². The van der Waals surface area contributed by atoms with Crippen molar-refractivity contribution in [3.63, 3.8) is 0 Å². The van der Waals surface area contributed by atoms with Gasteiger partial charge >= 0.3 is 5.24 Å². The lowest BCUT2D eigenvalue weighted by Crippen LogP contribution is -2.48. The van der Waals surface area contributed by atoms with Crippen LogP contribution < -0.4 is 0 Å². The zero-order chi connectivity index (χ0) is 18.4. The molecule has 2 aromatic rings. The Balaban J connectivity index is 1.68. The predicted octanol–water partition coefficient (Wildman–Crippen LogP) is 3.07. The Kier molecular flexibility index (Phi) is 3.69. The minimum Gasteiger partial charge on any atom is -0.267 e. The molecule has 0 saturated carbocycles. The molecule has 0 aromatic heterocycles. The van der Waals surface area contributed by atoms with Crippen LogP contribution in [0.3, 0.4) is 0 Å². The zero-order valence-electron chi connectivity index (χ0n) is 13.0. The van der Waals surface area contributed by atoms with Gasteiger partial charge in [-0.25, -0.2) is 4.39 Å². The SMILES string of the molecule is O=C1SC(=Cc2ccc(F)cc2)C(=O)N1N1C(=O)c2ccccc2C1=O. The maximum Gasteiger partial charge on any atom is 0.313 e. The molecule has 4 rings (SSSR count). The van der Waals surface area contributed by atoms with Crippen molar-refractivity contribution in [3.8, 4) is 0 Å². The lowest BCUT2D eigenvalue weighted by molar-refractivity contribution is -0.129. The van der Waals surface area contributed by atoms with Gasteiger partial charge in [0, 0.05) is 0 Å². The van der Waals surface area contributed by atoms with Gasteiger partial charge in [-0.1, -0.05) is 24.3 Å². The normalized spacial score (nSPS) is 18.3. The third kappa shape index (κ3) is 2.42. The zero-order valence-corrected chi connectivity index (χ0v) is 13.8. The third-order valence-electron chi connectivity index (χ3n) is 3.91. The van der Waals surface area contributed by atoms with Gasteiger partial charge in [0.2, 0.25) is 0 Å². The van der Waals surface area contributed by atoms with E-state index in [0.29, 0.717) is 27.3 Å². The van der Waals surface area contributed by atoms with Gasteiger partial charge in [0.05, 0.1) is 16.0 Å². The molecule has 0 bridgehead atoms. The molecular weight excluding hydrogens is 359 g/mol. The third-order valence-corrected chi connectivity index (χ3v) is 4.77. The summed E-state index contributed by atoms with van der Waals surface area (Å²) in [6.45, 7) is 0. The fourth-order valence-corrected chi connectivity index (χ4v) is 3.51. The maximum atomic E-state index is 13.0. The van der Waals surface area contributed by atoms with E-state index in [9.17, 15) is 23.6 Å². The van der Waals surface area contributed by atoms with E-state index >= 15 is 0 Å². The highest BCUT2D eigenvalue weighted by Gasteiger charge is 2.48. The number of amides is 4. The highest BCUT2D eigenvalue weighted by Crippen LogP contribution is 2.36. The number of nitrogens with zero attached hydrogens (tertiary/aromatic N) is 2. The molecule has 0 atom stereocenters. The number of thioether (sulfide) groups is 1. The van der Waals surface area contributed by atoms with Crippen molar-refractivity contribution in [1.29, 1.82) is 0 Å². The van der Waals surface area contributed by atoms with Crippen molar-refractivity contribution in [2.75, 3.05) is 0 Å². The molecule has 0 spiro atoms. The topological polar surface area (TPSA) is 74.8 Å². The second kappa shape index (κ2) is 5.92. The molecule has 0 unspecified atom stereocenters. The number of hydrogen-bond acceptors (Lipinski definition) is 5. The molecule has 1 saturated heterocycles. The van der Waals surface area contributed by atoms with E-state index < -0.39 is 28.8 Å². The van der Waals surface area contributed by atoms with E-state index in [4.69, 9.17) is 0 Å². The average Bonchev–Trinajstić information content (AvgIpc) is 3.04. The van der Waals surface area contributed by atoms with Gasteiger partial charge in [-0.15, -0.1) is 0 Å². The van der Waals surface area contributed by atoms with Crippen LogP contribution in [0.1, 0.15) is 26.3 Å². The maximum absolute atomic E-state index is 13.0. The van der Waals surface area contributed by atoms with E-state index in [1.165, 1.54) is 42.5 Å². The number of carbonyl (C=O) groups is 4. The molecular formula is C18H9FN2O4S. The molecule has 1 fully saturated rings. The lowest BCUT2D eigenvalue weighted by atomic mass is 10.1. The van der Waals surface area contributed by atoms with Crippen molar-refractivity contribution in [2.24, 2.45) is 0 Å². The van der Waals surface area contributed by atoms with Crippen LogP contribution in [0.15, 0.2) is 53.4 Å². The summed E-state index contributed by atoms with van der Waals surface area (Å²) in [6, 6.07) is 11.5. The largest absolute Gasteiger partial charge is 0.313 e. The molecule has 2 aliphatic rings. The molecule has 2 aliphatic heterocycles. The highest BCUT2D eigenvalue weighted by atomic mass is 32.2. The number of rotatable bonds is 2. The summed E-state index contributed by atoms with van der Waals surface area (Å²) < 4.78 is 13.0. The van der Waals surface area contributed by atoms with Crippen molar-refractivity contribution < 1.29 is 23.6 Å². The fourth-order valence-electron chi connectivity index (χ4n) is 2.70. The number of hydrazine groups is 1. The second-order valence-electron chi connectivity index (χ2n) is 5.51. The van der Waals surface area contributed by atoms with Crippen LogP contribution in [-0.2, 0) is 4.79 Å². The monoisotopic (exact) mass is 368 g/mol. The first-order valence-electron chi connectivity index (χ1n) is 7.48. The van der Waals surface area contributed by atoms with Gasteiger partial charge in [-0.05, 0) is 47.7 Å². The summed E-state index contributed by atoms with van der Waals surface area (Å²) in [4.78, 5) is 49.9. The molecule has 0 radical (unpaired) electrons. The minimum absolute atomic E-state index is 0.0400. The molecule has 0 N–H and O–H groups in total. The Morgan fingerprint density at radius 1 is 0.769 bits per heavy atom. The van der Waals surface area contributed by atoms with Crippen molar-refractivity contribution in [1.82, 2.24) is 10.0 Å². The predicted molar refractivity (Wildman–Crippen MR) is 91.2 cm³/mol. The number of hydrogen-bond donors (Lipinski definition) is 0. The summed E-state index contributed by atoms with van der Waals surface area (Å²) in [6.07, 6.45) is 1.41. The van der Waals surface area contributed by atoms with E-state index in [-0.39, 0.29) is 16.0 Å². The van der Waals surface area contributed by atoms with E-state index in [1.54, 1.807) is 12.1 Å². The number of halogens is 1. The fraction of sp³-hybridized carbons (Fsp3) is 0. The van der Waals surface area contributed by atoms with Crippen LogP contribution in [0, 0.1) is 5.82 Å². The Labute approximate surface area is 150 Å². The Bertz CT molecular complexity index is 981. The molecule has 128 valence electrons. The Morgan fingerprint density at radius 3 is 1.92 bits per heavy atom. The van der Waals surface area contributed by atoms with Crippen molar-refractivity contribution in [3.05, 3.63) is 75.9 Å². The van der Waals surface area contributed by atoms with Crippen molar-refractivity contribution in [2.45, 2.75) is 0 Å². The molecule has 8 heteroatoms. The van der Waals surface area contributed by atoms with Gasteiger partial charge in [0.25, 0.3) is 17.7 Å². The van der Waals surface area contributed by atoms with Crippen LogP contribution in [0.5, 0.6) is 0 Å². The quantitative estimate of drug-likeness (QED) is 0.602. The lowest BCUT2D eigenvalue weighted by Gasteiger charge is -2.21. The van der Waals surface area contributed by atoms with Crippen molar-refractivity contribution >= 4 is 40.8 Å². The first-order valence-corrected chi connectivity index (χ1v) is 8.30. The summed E-state index contributed by atoms with van der Waals surface area (Å²) in [7, 11) is 0. The first kappa shape index (κ1) is 16.2. The number of benzene rings is 2. The van der Waals surface area contributed by atoms with E-state index in [1.807, 2.05) is 0 Å². The van der Waals surface area contributed by atoms with Crippen LogP contribution >= 0.6 is 11.8 Å². The molecule has 2 aromatic carbocycles. The van der Waals surface area contributed by atoms with Gasteiger partial charge in [-0.2, -0.15) is 10.0 Å². The Morgan fingerprint density at radius 2 is 1.35 bits per heavy atom. The van der Waals surface area contributed by atoms with Crippen LogP contribution in [0.2, 0.25) is 0 Å². The van der Waals surface area contributed by atoms with Crippen LogP contribution in [-0.4, -0.2) is 33.0 Å². The van der Waals surface area contributed by atoms with Gasteiger partial charge in [0.15, 0.2) is 0 Å². The number of imide groups is 2. The van der Waals surface area contributed by atoms with E-state index in [0.717, 1.165) is 0 Å². The second-order valence-corrected chi connectivity index (χ2v) is 6.51. The van der Waals surface area contributed by atoms with E-state index in [2.05, 4.69) is 0 Å². The molecule has 6 nitrogen and oxygen atoms in total. The van der Waals surface area contributed by atoms with Crippen LogP contribution in [0.4, 0.5) is 9.18 Å². The smallest absolute Gasteiger partial charge is 0.267 e. The summed E-state index contributed by atoms with van der Waals surface area (Å²) >= 11 is 0.609.